The van der Waals surface area contributed by atoms with Crippen molar-refractivity contribution >= 4 is 81.0 Å². The summed E-state index contributed by atoms with van der Waals surface area (Å²) in [6.07, 6.45) is 6.98. The summed E-state index contributed by atoms with van der Waals surface area (Å²) in [5, 5.41) is 13.7. The molecule has 3 atom stereocenters. The zero-order chi connectivity index (χ0) is 32.9. The van der Waals surface area contributed by atoms with Crippen molar-refractivity contribution in [1.29, 1.82) is 0 Å². The van der Waals surface area contributed by atoms with Gasteiger partial charge in [0.25, 0.3) is 0 Å². The Morgan fingerprint density at radius 2 is 1.12 bits per heavy atom. The van der Waals surface area contributed by atoms with E-state index in [0.717, 1.165) is 21.9 Å². The highest BCUT2D eigenvalue weighted by Gasteiger charge is 2.34. The number of nitrogens with zero attached hydrogens (tertiary/aromatic N) is 1. The molecule has 238 valence electrons. The van der Waals surface area contributed by atoms with E-state index in [1.54, 1.807) is 0 Å². The molecule has 0 amide bonds. The van der Waals surface area contributed by atoms with Gasteiger partial charge in [-0.1, -0.05) is 152 Å². The first-order valence-corrected chi connectivity index (χ1v) is 19.3. The number of hydrogen-bond acceptors (Lipinski definition) is 3. The van der Waals surface area contributed by atoms with Crippen molar-refractivity contribution in [1.82, 2.24) is 0 Å². The van der Waals surface area contributed by atoms with E-state index in [4.69, 9.17) is 8.39 Å². The van der Waals surface area contributed by atoms with Crippen LogP contribution in [0.5, 0.6) is 0 Å². The van der Waals surface area contributed by atoms with Crippen molar-refractivity contribution in [2.75, 3.05) is 11.7 Å². The van der Waals surface area contributed by atoms with Crippen molar-refractivity contribution in [3.05, 3.63) is 169 Å². The monoisotopic (exact) mass is 671 g/mol. The Labute approximate surface area is 288 Å². The second-order valence-electron chi connectivity index (χ2n) is 12.7. The number of allylic oxidation sites excluding steroid dienone is 2. The fourth-order valence-corrected chi connectivity index (χ4v) is 11.6. The highest BCUT2D eigenvalue weighted by molar-refractivity contribution is 7.77. The Kier molecular flexibility index (Phi) is 7.71. The zero-order valence-corrected chi connectivity index (χ0v) is 29.2. The second-order valence-corrected chi connectivity index (χ2v) is 16.4. The lowest BCUT2D eigenvalue weighted by Crippen LogP contribution is -2.34. The summed E-state index contributed by atoms with van der Waals surface area (Å²) in [7, 11) is -0.130. The quantitative estimate of drug-likeness (QED) is 0.165. The molecule has 5 heteroatoms. The van der Waals surface area contributed by atoms with Gasteiger partial charge in [-0.05, 0) is 75.2 Å². The summed E-state index contributed by atoms with van der Waals surface area (Å²) in [6.45, 7) is 2.32. The second kappa shape index (κ2) is 12.5. The van der Waals surface area contributed by atoms with E-state index in [1.807, 2.05) is 0 Å². The average molecular weight is 672 g/mol. The van der Waals surface area contributed by atoms with Crippen LogP contribution in [0, 0.1) is 5.92 Å². The first-order chi connectivity index (χ1) is 24.2. The van der Waals surface area contributed by atoms with Crippen LogP contribution in [0.3, 0.4) is 0 Å². The van der Waals surface area contributed by atoms with Crippen LogP contribution in [0.1, 0.15) is 6.92 Å². The number of rotatable bonds is 6. The summed E-state index contributed by atoms with van der Waals surface area (Å²) >= 11 is 0. The van der Waals surface area contributed by atoms with Crippen molar-refractivity contribution in [3.8, 4) is 0 Å². The summed E-state index contributed by atoms with van der Waals surface area (Å²) in [5.41, 5.74) is 1.72. The van der Waals surface area contributed by atoms with Crippen LogP contribution in [0.25, 0.3) is 54.3 Å². The Morgan fingerprint density at radius 1 is 0.592 bits per heavy atom. The molecule has 0 fully saturated rings. The molecule has 2 unspecified atom stereocenters. The molecule has 1 aliphatic rings. The molecule has 0 spiro atoms. The van der Waals surface area contributed by atoms with Crippen molar-refractivity contribution in [2.45, 2.75) is 13.0 Å². The standard InChI is InChI=1S/C44H35NO2P2/c1-30(35-23-13-25-41(35)48(34-18-4-3-5-19-34)42-24-12-17-31-14-6-9-20-36(31)42)45(2)49-46-39-28-26-32-15-7-10-21-37(32)43(39)44-38-22-11-8-16-33(38)27-29-40(44)47-49/h3-30,35H,1-2H3/t30-,35?,48?/m0/s1. The normalized spacial score (nSPS) is 15.8. The average Bonchev–Trinajstić information content (AvgIpc) is 3.56. The van der Waals surface area contributed by atoms with Crippen LogP contribution < -0.4 is 15.3 Å². The highest BCUT2D eigenvalue weighted by Crippen LogP contribution is 2.52. The predicted molar refractivity (Wildman–Crippen MR) is 212 cm³/mol. The summed E-state index contributed by atoms with van der Waals surface area (Å²) in [6, 6.07) is 52.4. The van der Waals surface area contributed by atoms with Crippen molar-refractivity contribution in [2.24, 2.45) is 5.92 Å². The van der Waals surface area contributed by atoms with Crippen molar-refractivity contribution in [3.63, 3.8) is 0 Å². The minimum absolute atomic E-state index is 0.103. The Morgan fingerprint density at radius 3 is 1.76 bits per heavy atom. The van der Waals surface area contributed by atoms with E-state index in [1.165, 1.54) is 48.2 Å². The summed E-state index contributed by atoms with van der Waals surface area (Å²) in [4.78, 5) is 0. The third-order valence-electron chi connectivity index (χ3n) is 9.96. The maximum absolute atomic E-state index is 6.99. The smallest absolute Gasteiger partial charge is 0.309 e. The minimum atomic E-state index is -1.49. The Bertz CT molecular complexity index is 2520. The van der Waals surface area contributed by atoms with Gasteiger partial charge in [-0.2, -0.15) is 0 Å². The van der Waals surface area contributed by atoms with Crippen LogP contribution in [0.15, 0.2) is 178 Å². The van der Waals surface area contributed by atoms with Gasteiger partial charge < -0.3 is 8.39 Å². The fraction of sp³-hybridized carbons (Fsp3) is 0.0909. The fourth-order valence-electron chi connectivity index (χ4n) is 7.39. The molecule has 1 heterocycles. The van der Waals surface area contributed by atoms with Gasteiger partial charge >= 0.3 is 8.16 Å². The lowest BCUT2D eigenvalue weighted by molar-refractivity contribution is 0.570. The molecule has 0 N–H and O–H groups in total. The molecular weight excluding hydrogens is 636 g/mol. The molecule has 8 aromatic rings. The van der Waals surface area contributed by atoms with Gasteiger partial charge in [0.1, 0.15) is 11.2 Å². The number of benzene rings is 7. The van der Waals surface area contributed by atoms with Gasteiger partial charge in [-0.3, -0.25) is 0 Å². The van der Waals surface area contributed by atoms with Gasteiger partial charge in [-0.25, -0.2) is 4.67 Å². The zero-order valence-electron chi connectivity index (χ0n) is 27.4. The molecule has 0 saturated heterocycles. The molecule has 49 heavy (non-hydrogen) atoms. The third-order valence-corrected chi connectivity index (χ3v) is 14.2. The van der Waals surface area contributed by atoms with Crippen LogP contribution in [-0.2, 0) is 0 Å². The number of fused-ring (bicyclic) bond motifs is 8. The largest absolute Gasteiger partial charge is 0.408 e. The maximum atomic E-state index is 6.99. The predicted octanol–water partition coefficient (Wildman–Crippen LogP) is 11.9. The summed E-state index contributed by atoms with van der Waals surface area (Å²) < 4.78 is 16.3. The van der Waals surface area contributed by atoms with Gasteiger partial charge in [0.05, 0.1) is 0 Å². The molecule has 0 saturated carbocycles. The van der Waals surface area contributed by atoms with Crippen LogP contribution in [0.4, 0.5) is 0 Å². The van der Waals surface area contributed by atoms with E-state index in [9.17, 15) is 0 Å². The molecule has 1 aromatic heterocycles. The molecule has 0 bridgehead atoms. The lowest BCUT2D eigenvalue weighted by Gasteiger charge is -2.32. The van der Waals surface area contributed by atoms with Gasteiger partial charge in [0.2, 0.25) is 0 Å². The topological polar surface area (TPSA) is 29.5 Å². The van der Waals surface area contributed by atoms with E-state index in [0.29, 0.717) is 0 Å². The minimum Gasteiger partial charge on any atom is -0.408 e. The molecule has 0 radical (unpaired) electrons. The summed E-state index contributed by atoms with van der Waals surface area (Å²) in [5.74, 6) is 0.181. The van der Waals surface area contributed by atoms with E-state index < -0.39 is 16.1 Å². The molecule has 9 rings (SSSR count). The molecule has 0 aliphatic heterocycles. The third kappa shape index (κ3) is 5.22. The van der Waals surface area contributed by atoms with Crippen LogP contribution in [0.2, 0.25) is 0 Å². The molecule has 1 aliphatic carbocycles. The van der Waals surface area contributed by atoms with Crippen LogP contribution in [-0.4, -0.2) is 13.1 Å². The SMILES string of the molecule is C[C@@H](C1C=CC=C1P(c1ccccc1)c1cccc2ccccc12)N(C)p1oc2ccc3ccccc3c2c2c(ccc3ccccc32)o1. The first kappa shape index (κ1) is 30.2. The van der Waals surface area contributed by atoms with E-state index in [-0.39, 0.29) is 12.0 Å². The highest BCUT2D eigenvalue weighted by atomic mass is 31.1. The van der Waals surface area contributed by atoms with Gasteiger partial charge in [-0.15, -0.1) is 0 Å². The van der Waals surface area contributed by atoms with E-state index in [2.05, 4.69) is 182 Å². The van der Waals surface area contributed by atoms with E-state index >= 15 is 0 Å². The molecule has 7 aromatic carbocycles. The van der Waals surface area contributed by atoms with Gasteiger partial charge in [0, 0.05) is 29.8 Å². The maximum Gasteiger partial charge on any atom is 0.309 e. The van der Waals surface area contributed by atoms with Gasteiger partial charge in [0.15, 0.2) is 0 Å². The number of hydrogen-bond donors (Lipinski definition) is 0. The van der Waals surface area contributed by atoms with Crippen LogP contribution >= 0.6 is 16.1 Å². The molecular formula is C44H35NO2P2. The lowest BCUT2D eigenvalue weighted by atomic mass is 9.99. The Hall–Kier alpha value is -4.91. The van der Waals surface area contributed by atoms with Crippen molar-refractivity contribution < 1.29 is 8.39 Å². The first-order valence-electron chi connectivity index (χ1n) is 16.8. The molecule has 3 nitrogen and oxygen atoms in total. The Balaban J connectivity index is 1.20.